The first-order chi connectivity index (χ1) is 12.9. The third-order valence-corrected chi connectivity index (χ3v) is 5.20. The third-order valence-electron chi connectivity index (χ3n) is 5.20. The van der Waals surface area contributed by atoms with Crippen molar-refractivity contribution in [1.82, 2.24) is 14.8 Å². The number of hydrogen-bond donors (Lipinski definition) is 3. The van der Waals surface area contributed by atoms with E-state index < -0.39 is 11.6 Å². The Labute approximate surface area is 158 Å². The van der Waals surface area contributed by atoms with Crippen LogP contribution in [-0.2, 0) is 9.59 Å². The highest BCUT2D eigenvalue weighted by molar-refractivity contribution is 5.95. The minimum atomic E-state index is -0.472. The fourth-order valence-corrected chi connectivity index (χ4v) is 3.44. The Bertz CT molecular complexity index is 785. The summed E-state index contributed by atoms with van der Waals surface area (Å²) >= 11 is 0. The van der Waals surface area contributed by atoms with Gasteiger partial charge in [-0.2, -0.15) is 5.10 Å². The molecule has 1 aliphatic carbocycles. The molecule has 1 heterocycles. The lowest BCUT2D eigenvalue weighted by Gasteiger charge is -2.37. The van der Waals surface area contributed by atoms with Crippen LogP contribution in [0.1, 0.15) is 45.6 Å². The van der Waals surface area contributed by atoms with Crippen molar-refractivity contribution in [3.8, 4) is 0 Å². The smallest absolute Gasteiger partial charge is 0.249 e. The van der Waals surface area contributed by atoms with E-state index in [1.165, 1.54) is 17.3 Å². The van der Waals surface area contributed by atoms with Gasteiger partial charge in [0.25, 0.3) is 0 Å². The van der Waals surface area contributed by atoms with Crippen LogP contribution in [0.15, 0.2) is 36.9 Å². The van der Waals surface area contributed by atoms with Gasteiger partial charge in [-0.3, -0.25) is 9.59 Å². The topological polar surface area (TPSA) is 115 Å². The molecule has 8 heteroatoms. The monoisotopic (exact) mass is 370 g/mol. The highest BCUT2D eigenvalue weighted by Gasteiger charge is 2.37. The summed E-state index contributed by atoms with van der Waals surface area (Å²) in [5.74, 6) is -0.427. The molecule has 2 amide bonds. The summed E-state index contributed by atoms with van der Waals surface area (Å²) in [6.07, 6.45) is 6.66. The lowest BCUT2D eigenvalue weighted by Crippen LogP contribution is -2.51. The highest BCUT2D eigenvalue weighted by atomic mass is 16.2. The second-order valence-corrected chi connectivity index (χ2v) is 7.41. The molecule has 0 bridgehead atoms. The summed E-state index contributed by atoms with van der Waals surface area (Å²) in [6, 6.07) is 6.57. The Balaban J connectivity index is 1.58. The van der Waals surface area contributed by atoms with Gasteiger partial charge in [0.2, 0.25) is 11.8 Å². The number of nitrogens with one attached hydrogen (secondary N) is 2. The van der Waals surface area contributed by atoms with Crippen LogP contribution >= 0.6 is 0 Å². The zero-order valence-corrected chi connectivity index (χ0v) is 15.7. The van der Waals surface area contributed by atoms with Gasteiger partial charge in [-0.05, 0) is 51.0 Å². The predicted molar refractivity (Wildman–Crippen MR) is 103 cm³/mol. The average molecular weight is 370 g/mol. The first kappa shape index (κ1) is 19.0. The largest absolute Gasteiger partial charge is 0.326 e. The molecule has 1 saturated carbocycles. The Hall–Kier alpha value is -2.74. The SMILES string of the molecule is CC(C(=O)Nc1ccc(NC(=O)C2CCCCC2(C)N)cc1)n1cncn1. The van der Waals surface area contributed by atoms with Gasteiger partial charge in [0.05, 0.1) is 5.92 Å². The van der Waals surface area contributed by atoms with Crippen molar-refractivity contribution in [3.63, 3.8) is 0 Å². The molecule has 1 aromatic carbocycles. The second kappa shape index (κ2) is 7.87. The number of amides is 2. The summed E-state index contributed by atoms with van der Waals surface area (Å²) < 4.78 is 1.48. The molecule has 3 atom stereocenters. The molecular weight excluding hydrogens is 344 g/mol. The van der Waals surface area contributed by atoms with Gasteiger partial charge in [-0.15, -0.1) is 0 Å². The summed E-state index contributed by atoms with van der Waals surface area (Å²) in [6.45, 7) is 3.69. The molecule has 0 saturated heterocycles. The molecule has 0 radical (unpaired) electrons. The molecule has 144 valence electrons. The highest BCUT2D eigenvalue weighted by Crippen LogP contribution is 2.32. The van der Waals surface area contributed by atoms with Crippen LogP contribution in [0.4, 0.5) is 11.4 Å². The molecule has 4 N–H and O–H groups in total. The maximum absolute atomic E-state index is 12.6. The number of nitrogens with zero attached hydrogens (tertiary/aromatic N) is 3. The van der Waals surface area contributed by atoms with Gasteiger partial charge >= 0.3 is 0 Å². The quantitative estimate of drug-likeness (QED) is 0.747. The predicted octanol–water partition coefficient (Wildman–Crippen LogP) is 2.32. The lowest BCUT2D eigenvalue weighted by molar-refractivity contribution is -0.123. The van der Waals surface area contributed by atoms with Crippen molar-refractivity contribution in [1.29, 1.82) is 0 Å². The average Bonchev–Trinajstić information content (AvgIpc) is 3.16. The first-order valence-corrected chi connectivity index (χ1v) is 9.21. The van der Waals surface area contributed by atoms with Gasteiger partial charge in [0.1, 0.15) is 18.7 Å². The Morgan fingerprint density at radius 3 is 2.48 bits per heavy atom. The molecule has 3 unspecified atom stereocenters. The number of benzene rings is 1. The standard InChI is InChI=1S/C19H26N6O2/c1-13(25-12-21-11-22-25)17(26)23-14-6-8-15(9-7-14)24-18(27)16-5-3-4-10-19(16,2)20/h6-9,11-13,16H,3-5,10,20H2,1-2H3,(H,23,26)(H,24,27). The van der Waals surface area contributed by atoms with Crippen molar-refractivity contribution in [2.75, 3.05) is 10.6 Å². The minimum absolute atomic E-state index is 0.0451. The van der Waals surface area contributed by atoms with Crippen LogP contribution in [0.3, 0.4) is 0 Å². The first-order valence-electron chi connectivity index (χ1n) is 9.21. The van der Waals surface area contributed by atoms with Crippen molar-refractivity contribution in [3.05, 3.63) is 36.9 Å². The van der Waals surface area contributed by atoms with Gasteiger partial charge in [-0.1, -0.05) is 12.8 Å². The van der Waals surface area contributed by atoms with Crippen molar-refractivity contribution in [2.24, 2.45) is 11.7 Å². The molecule has 27 heavy (non-hydrogen) atoms. The third kappa shape index (κ3) is 4.51. The number of aromatic nitrogens is 3. The molecule has 0 spiro atoms. The van der Waals surface area contributed by atoms with Crippen LogP contribution in [0.2, 0.25) is 0 Å². The second-order valence-electron chi connectivity index (χ2n) is 7.41. The van der Waals surface area contributed by atoms with E-state index in [0.29, 0.717) is 11.4 Å². The minimum Gasteiger partial charge on any atom is -0.326 e. The van der Waals surface area contributed by atoms with Crippen LogP contribution in [-0.4, -0.2) is 32.1 Å². The molecule has 8 nitrogen and oxygen atoms in total. The lowest BCUT2D eigenvalue weighted by atomic mass is 9.74. The molecular formula is C19H26N6O2. The van der Waals surface area contributed by atoms with Crippen molar-refractivity contribution < 1.29 is 9.59 Å². The number of carbonyl (C=O) groups excluding carboxylic acids is 2. The van der Waals surface area contributed by atoms with Crippen LogP contribution in [0, 0.1) is 5.92 Å². The summed E-state index contributed by atoms with van der Waals surface area (Å²) in [5.41, 5.74) is 7.17. The van der Waals surface area contributed by atoms with Crippen molar-refractivity contribution in [2.45, 2.75) is 51.1 Å². The van der Waals surface area contributed by atoms with Gasteiger partial charge in [0, 0.05) is 16.9 Å². The maximum Gasteiger partial charge on any atom is 0.249 e. The van der Waals surface area contributed by atoms with Gasteiger partial charge < -0.3 is 16.4 Å². The van der Waals surface area contributed by atoms with Crippen LogP contribution < -0.4 is 16.4 Å². The zero-order chi connectivity index (χ0) is 19.4. The Kier molecular flexibility index (Phi) is 5.55. The number of rotatable bonds is 5. The maximum atomic E-state index is 12.6. The normalized spacial score (nSPS) is 23.4. The van der Waals surface area contributed by atoms with Gasteiger partial charge in [-0.25, -0.2) is 9.67 Å². The van der Waals surface area contributed by atoms with E-state index in [0.717, 1.165) is 25.7 Å². The summed E-state index contributed by atoms with van der Waals surface area (Å²) in [4.78, 5) is 28.7. The van der Waals surface area contributed by atoms with Crippen molar-refractivity contribution >= 4 is 23.2 Å². The zero-order valence-electron chi connectivity index (χ0n) is 15.7. The summed E-state index contributed by atoms with van der Waals surface area (Å²) in [7, 11) is 0. The van der Waals surface area contributed by atoms with Gasteiger partial charge in [0.15, 0.2) is 0 Å². The van der Waals surface area contributed by atoms with E-state index >= 15 is 0 Å². The van der Waals surface area contributed by atoms with Crippen LogP contribution in [0.25, 0.3) is 0 Å². The van der Waals surface area contributed by atoms with Crippen LogP contribution in [0.5, 0.6) is 0 Å². The Morgan fingerprint density at radius 1 is 1.22 bits per heavy atom. The number of anilines is 2. The molecule has 1 aromatic heterocycles. The van der Waals surface area contributed by atoms with E-state index in [-0.39, 0.29) is 17.7 Å². The van der Waals surface area contributed by atoms with E-state index in [9.17, 15) is 9.59 Å². The molecule has 0 aliphatic heterocycles. The fraction of sp³-hybridized carbons (Fsp3) is 0.474. The van der Waals surface area contributed by atoms with E-state index in [4.69, 9.17) is 5.73 Å². The molecule has 2 aromatic rings. The Morgan fingerprint density at radius 2 is 1.89 bits per heavy atom. The fourth-order valence-electron chi connectivity index (χ4n) is 3.44. The number of nitrogens with two attached hydrogens (primary N) is 1. The summed E-state index contributed by atoms with van der Waals surface area (Å²) in [5, 5.41) is 9.73. The molecule has 3 rings (SSSR count). The number of carbonyl (C=O) groups is 2. The van der Waals surface area contributed by atoms with E-state index in [2.05, 4.69) is 20.7 Å². The molecule has 1 fully saturated rings. The molecule has 1 aliphatic rings. The van der Waals surface area contributed by atoms with E-state index in [1.807, 2.05) is 6.92 Å². The van der Waals surface area contributed by atoms with E-state index in [1.54, 1.807) is 31.2 Å². The number of hydrogen-bond acceptors (Lipinski definition) is 5.